The number of aromatic nitrogens is 3. The molecule has 25 heavy (non-hydrogen) atoms. The third-order valence-electron chi connectivity index (χ3n) is 5.03. The van der Waals surface area contributed by atoms with E-state index < -0.39 is 0 Å². The molecule has 0 saturated heterocycles. The second kappa shape index (κ2) is 5.33. The third kappa shape index (κ3) is 1.94. The Morgan fingerprint density at radius 2 is 1.48 bits per heavy atom. The first-order valence-electron chi connectivity index (χ1n) is 8.32. The molecule has 5 rings (SSSR count). The number of aryl methyl sites for hydroxylation is 1. The summed E-state index contributed by atoms with van der Waals surface area (Å²) in [5.41, 5.74) is 7.46. The molecule has 0 aliphatic heterocycles. The predicted octanol–water partition coefficient (Wildman–Crippen LogP) is 4.77. The van der Waals surface area contributed by atoms with Crippen molar-refractivity contribution < 1.29 is 4.57 Å². The van der Waals surface area contributed by atoms with Crippen LogP contribution in [0.1, 0.15) is 5.56 Å². The second-order valence-electron chi connectivity index (χ2n) is 6.39. The fourth-order valence-corrected chi connectivity index (χ4v) is 4.30. The topological polar surface area (TPSA) is 13.2 Å². The first-order valence-corrected chi connectivity index (χ1v) is 9.40. The van der Waals surface area contributed by atoms with Gasteiger partial charge in [0, 0.05) is 9.13 Å². The highest BCUT2D eigenvalue weighted by atomic mass is 127. The minimum Gasteiger partial charge on any atom is -0.230 e. The van der Waals surface area contributed by atoms with Gasteiger partial charge in [-0.25, -0.2) is 4.57 Å². The molecule has 3 nitrogen and oxygen atoms in total. The van der Waals surface area contributed by atoms with Gasteiger partial charge in [0.1, 0.15) is 27.8 Å². The summed E-state index contributed by atoms with van der Waals surface area (Å²) in [4.78, 5) is 0. The van der Waals surface area contributed by atoms with Crippen LogP contribution in [0, 0.1) is 10.5 Å². The van der Waals surface area contributed by atoms with Crippen molar-refractivity contribution in [2.75, 3.05) is 0 Å². The van der Waals surface area contributed by atoms with Crippen molar-refractivity contribution in [3.8, 4) is 5.69 Å². The summed E-state index contributed by atoms with van der Waals surface area (Å²) in [6.45, 7) is 2.20. The van der Waals surface area contributed by atoms with Crippen molar-refractivity contribution >= 4 is 50.4 Å². The summed E-state index contributed by atoms with van der Waals surface area (Å²) in [7, 11) is 2.15. The van der Waals surface area contributed by atoms with Gasteiger partial charge in [0.05, 0.1) is 7.05 Å². The van der Waals surface area contributed by atoms with E-state index in [2.05, 4.69) is 117 Å². The molecule has 0 saturated carbocycles. The maximum Gasteiger partial charge on any atom is 0.375 e. The zero-order valence-electron chi connectivity index (χ0n) is 14.1. The second-order valence-corrected chi connectivity index (χ2v) is 7.55. The van der Waals surface area contributed by atoms with Crippen molar-refractivity contribution in [1.82, 2.24) is 8.97 Å². The normalized spacial score (nSPS) is 11.8. The number of halogens is 1. The first kappa shape index (κ1) is 15.0. The number of fused-ring (bicyclic) bond motifs is 5. The number of imidazole rings is 2. The Morgan fingerprint density at radius 1 is 0.800 bits per heavy atom. The zero-order chi connectivity index (χ0) is 17.1. The number of nitrogens with zero attached hydrogens (tertiary/aromatic N) is 3. The molecule has 0 unspecified atom stereocenters. The Kier molecular flexibility index (Phi) is 3.19. The van der Waals surface area contributed by atoms with Gasteiger partial charge in [-0.3, -0.25) is 0 Å². The number of para-hydroxylation sites is 4. The van der Waals surface area contributed by atoms with E-state index in [1.165, 1.54) is 42.7 Å². The van der Waals surface area contributed by atoms with Crippen molar-refractivity contribution in [3.05, 3.63) is 75.9 Å². The van der Waals surface area contributed by atoms with E-state index in [0.717, 1.165) is 0 Å². The van der Waals surface area contributed by atoms with E-state index in [9.17, 15) is 0 Å². The number of rotatable bonds is 1. The van der Waals surface area contributed by atoms with Crippen LogP contribution in [0.25, 0.3) is 33.5 Å². The van der Waals surface area contributed by atoms with Crippen molar-refractivity contribution in [1.29, 1.82) is 0 Å². The highest BCUT2D eigenvalue weighted by molar-refractivity contribution is 14.1. The van der Waals surface area contributed by atoms with Crippen LogP contribution in [-0.2, 0) is 7.05 Å². The van der Waals surface area contributed by atoms with Crippen molar-refractivity contribution in [2.45, 2.75) is 6.92 Å². The minimum atomic E-state index is 1.17. The van der Waals surface area contributed by atoms with E-state index in [1.54, 1.807) is 0 Å². The van der Waals surface area contributed by atoms with Gasteiger partial charge in [-0.05, 0) is 65.9 Å². The lowest BCUT2D eigenvalue weighted by Gasteiger charge is -2.06. The Morgan fingerprint density at radius 3 is 2.28 bits per heavy atom. The van der Waals surface area contributed by atoms with Gasteiger partial charge in [-0.1, -0.05) is 30.3 Å². The molecular weight excluding hydrogens is 421 g/mol. The molecule has 0 atom stereocenters. The Labute approximate surface area is 159 Å². The fraction of sp³-hybridized carbons (Fsp3) is 0.0952. The molecule has 0 bridgehead atoms. The van der Waals surface area contributed by atoms with Crippen LogP contribution in [0.3, 0.4) is 0 Å². The standard InChI is InChI=1S/C21H17IN3/c1-14-15(22)8-7-13-16(14)24-19-11-5-6-12-20(19)25-18-10-4-3-9-17(18)23(2)21(24)25/h3-13H,1-2H3/q+1. The maximum absolute atomic E-state index is 2.42. The van der Waals surface area contributed by atoms with Crippen LogP contribution in [0.2, 0.25) is 0 Å². The molecule has 0 amide bonds. The summed E-state index contributed by atoms with van der Waals surface area (Å²) < 4.78 is 8.32. The van der Waals surface area contributed by atoms with Crippen LogP contribution in [0.15, 0.2) is 66.7 Å². The van der Waals surface area contributed by atoms with Crippen LogP contribution in [0.5, 0.6) is 0 Å². The van der Waals surface area contributed by atoms with Gasteiger partial charge < -0.3 is 0 Å². The highest BCUT2D eigenvalue weighted by Gasteiger charge is 2.27. The van der Waals surface area contributed by atoms with E-state index in [4.69, 9.17) is 0 Å². The summed E-state index contributed by atoms with van der Waals surface area (Å²) in [6.07, 6.45) is 0. The Balaban J connectivity index is 2.10. The monoisotopic (exact) mass is 438 g/mol. The van der Waals surface area contributed by atoms with Crippen LogP contribution in [0.4, 0.5) is 0 Å². The molecule has 0 radical (unpaired) electrons. The average Bonchev–Trinajstić information content (AvgIpc) is 3.12. The zero-order valence-corrected chi connectivity index (χ0v) is 16.2. The molecule has 122 valence electrons. The number of hydrogen-bond acceptors (Lipinski definition) is 0. The van der Waals surface area contributed by atoms with Gasteiger partial charge >= 0.3 is 5.78 Å². The van der Waals surface area contributed by atoms with Gasteiger partial charge in [-0.15, -0.1) is 0 Å². The molecule has 0 N–H and O–H groups in total. The molecular formula is C21H17IN3+. The van der Waals surface area contributed by atoms with Crippen LogP contribution >= 0.6 is 22.6 Å². The molecule has 0 aliphatic carbocycles. The average molecular weight is 438 g/mol. The summed E-state index contributed by atoms with van der Waals surface area (Å²) in [6, 6.07) is 23.7. The maximum atomic E-state index is 2.42. The molecule has 5 aromatic rings. The summed E-state index contributed by atoms with van der Waals surface area (Å²) >= 11 is 2.42. The lowest BCUT2D eigenvalue weighted by molar-refractivity contribution is -0.620. The Bertz CT molecular complexity index is 1280. The Hall–Kier alpha value is -2.34. The molecule has 0 fully saturated rings. The summed E-state index contributed by atoms with van der Waals surface area (Å²) in [5, 5.41) is 0. The molecule has 2 aromatic heterocycles. The highest BCUT2D eigenvalue weighted by Crippen LogP contribution is 2.30. The lowest BCUT2D eigenvalue weighted by Crippen LogP contribution is -2.29. The molecule has 2 heterocycles. The van der Waals surface area contributed by atoms with Crippen molar-refractivity contribution in [3.63, 3.8) is 0 Å². The van der Waals surface area contributed by atoms with Gasteiger partial charge in [0.15, 0.2) is 0 Å². The van der Waals surface area contributed by atoms with E-state index in [1.807, 2.05) is 0 Å². The van der Waals surface area contributed by atoms with Crippen molar-refractivity contribution in [2.24, 2.45) is 7.05 Å². The third-order valence-corrected chi connectivity index (χ3v) is 6.20. The van der Waals surface area contributed by atoms with Crippen LogP contribution in [-0.4, -0.2) is 8.97 Å². The SMILES string of the molecule is Cc1c(I)cccc1-n1c2ccccc2n2c3ccccc3[n+](C)c12. The molecule has 4 heteroatoms. The smallest absolute Gasteiger partial charge is 0.230 e. The van der Waals surface area contributed by atoms with E-state index >= 15 is 0 Å². The van der Waals surface area contributed by atoms with E-state index in [-0.39, 0.29) is 0 Å². The lowest BCUT2D eigenvalue weighted by atomic mass is 10.2. The van der Waals surface area contributed by atoms with Gasteiger partial charge in [0.2, 0.25) is 0 Å². The summed E-state index contributed by atoms with van der Waals surface area (Å²) in [5.74, 6) is 1.17. The first-order chi connectivity index (χ1) is 12.2. The molecule has 3 aromatic carbocycles. The predicted molar refractivity (Wildman–Crippen MR) is 110 cm³/mol. The van der Waals surface area contributed by atoms with E-state index in [0.29, 0.717) is 0 Å². The fourth-order valence-electron chi connectivity index (χ4n) is 3.82. The number of hydrogen-bond donors (Lipinski definition) is 0. The largest absolute Gasteiger partial charge is 0.375 e. The van der Waals surface area contributed by atoms with Gasteiger partial charge in [-0.2, -0.15) is 8.97 Å². The molecule has 0 spiro atoms. The van der Waals surface area contributed by atoms with Crippen LogP contribution < -0.4 is 4.57 Å². The molecule has 0 aliphatic rings. The number of benzene rings is 3. The minimum absolute atomic E-state index is 1.17. The quantitative estimate of drug-likeness (QED) is 0.264. The van der Waals surface area contributed by atoms with Gasteiger partial charge in [0.25, 0.3) is 0 Å².